The van der Waals surface area contributed by atoms with Crippen LogP contribution in [0, 0.1) is 0 Å². The summed E-state index contributed by atoms with van der Waals surface area (Å²) >= 11 is 0. The molecule has 1 atom stereocenters. The van der Waals surface area contributed by atoms with Gasteiger partial charge < -0.3 is 19.7 Å². The first-order chi connectivity index (χ1) is 15.1. The van der Waals surface area contributed by atoms with Gasteiger partial charge in [0.05, 0.1) is 17.0 Å². The minimum Gasteiger partial charge on any atom is -0.507 e. The fraction of sp³-hybridized carbons (Fsp3) is 0.0870. The predicted molar refractivity (Wildman–Crippen MR) is 110 cm³/mol. The molecule has 2 N–H and O–H groups in total. The Morgan fingerprint density at radius 1 is 1.00 bits per heavy atom. The average molecular weight is 416 g/mol. The summed E-state index contributed by atoms with van der Waals surface area (Å²) in [7, 11) is 0. The number of nitrogens with zero attached hydrogens (tertiary/aromatic N) is 2. The molecule has 1 aromatic heterocycles. The topological polar surface area (TPSA) is 109 Å². The Labute approximate surface area is 176 Å². The monoisotopic (exact) mass is 416 g/mol. The van der Waals surface area contributed by atoms with Crippen LogP contribution in [-0.4, -0.2) is 33.7 Å². The highest BCUT2D eigenvalue weighted by Crippen LogP contribution is 2.44. The van der Waals surface area contributed by atoms with Crippen molar-refractivity contribution >= 4 is 23.1 Å². The first-order valence-electron chi connectivity index (χ1n) is 9.46. The maximum Gasteiger partial charge on any atom is 0.300 e. The molecular weight excluding hydrogens is 400 g/mol. The molecule has 5 rings (SSSR count). The summed E-state index contributed by atoms with van der Waals surface area (Å²) in [6, 6.07) is 15.0. The molecule has 0 bridgehead atoms. The van der Waals surface area contributed by atoms with E-state index in [2.05, 4.69) is 4.98 Å². The van der Waals surface area contributed by atoms with Gasteiger partial charge in [-0.15, -0.1) is 0 Å². The molecule has 0 saturated carbocycles. The molecule has 31 heavy (non-hydrogen) atoms. The fourth-order valence-corrected chi connectivity index (χ4v) is 3.77. The number of phenolic OH excluding ortho intramolecular Hbond substituents is 1. The molecule has 0 aliphatic carbocycles. The highest BCUT2D eigenvalue weighted by atomic mass is 16.7. The van der Waals surface area contributed by atoms with E-state index in [1.54, 1.807) is 48.5 Å². The number of hydrogen-bond donors (Lipinski definition) is 2. The third kappa shape index (κ3) is 2.96. The third-order valence-electron chi connectivity index (χ3n) is 5.20. The van der Waals surface area contributed by atoms with E-state index in [4.69, 9.17) is 9.47 Å². The van der Waals surface area contributed by atoms with Gasteiger partial charge in [-0.25, -0.2) is 0 Å². The van der Waals surface area contributed by atoms with E-state index in [9.17, 15) is 19.8 Å². The molecule has 0 radical (unpaired) electrons. The molecule has 2 aromatic carbocycles. The second-order valence-corrected chi connectivity index (χ2v) is 6.98. The number of ketones is 1. The maximum atomic E-state index is 13.1. The molecule has 1 saturated heterocycles. The Morgan fingerprint density at radius 2 is 1.77 bits per heavy atom. The van der Waals surface area contributed by atoms with Crippen molar-refractivity contribution in [3.63, 3.8) is 0 Å². The van der Waals surface area contributed by atoms with E-state index in [0.29, 0.717) is 22.8 Å². The minimum absolute atomic E-state index is 0.0607. The standard InChI is InChI=1S/C23H16N2O6/c26-16-7-2-1-6-15(16)25-20(14-5-3-4-10-24-14)19(22(28)23(25)29)21(27)13-8-9-17-18(11-13)31-12-30-17/h1-11,20,26-27H,12H2/b21-19-. The van der Waals surface area contributed by atoms with Gasteiger partial charge in [0, 0.05) is 11.8 Å². The number of amides is 1. The Balaban J connectivity index is 1.72. The normalized spacial score (nSPS) is 19.1. The summed E-state index contributed by atoms with van der Waals surface area (Å²) in [5.41, 5.74) is 0.670. The van der Waals surface area contributed by atoms with Gasteiger partial charge in [-0.3, -0.25) is 19.5 Å². The molecule has 8 nitrogen and oxygen atoms in total. The van der Waals surface area contributed by atoms with Crippen LogP contribution in [0.2, 0.25) is 0 Å². The van der Waals surface area contributed by atoms with Crippen molar-refractivity contribution in [1.29, 1.82) is 0 Å². The van der Waals surface area contributed by atoms with Crippen LogP contribution in [0.5, 0.6) is 17.2 Å². The molecule has 1 amide bonds. The van der Waals surface area contributed by atoms with Crippen molar-refractivity contribution in [2.45, 2.75) is 6.04 Å². The van der Waals surface area contributed by atoms with Gasteiger partial charge >= 0.3 is 0 Å². The molecule has 154 valence electrons. The van der Waals surface area contributed by atoms with Crippen molar-refractivity contribution in [2.75, 3.05) is 11.7 Å². The number of ether oxygens (including phenoxy) is 2. The first-order valence-corrected chi connectivity index (χ1v) is 9.46. The van der Waals surface area contributed by atoms with E-state index in [1.807, 2.05) is 0 Å². The van der Waals surface area contributed by atoms with Crippen LogP contribution in [0.25, 0.3) is 5.76 Å². The van der Waals surface area contributed by atoms with Crippen molar-refractivity contribution < 1.29 is 29.3 Å². The molecule has 3 heterocycles. The van der Waals surface area contributed by atoms with E-state index < -0.39 is 17.7 Å². The van der Waals surface area contributed by atoms with E-state index >= 15 is 0 Å². The summed E-state index contributed by atoms with van der Waals surface area (Å²) in [6.07, 6.45) is 1.53. The van der Waals surface area contributed by atoms with Crippen molar-refractivity contribution in [1.82, 2.24) is 4.98 Å². The molecule has 1 fully saturated rings. The number of carbonyl (C=O) groups is 2. The van der Waals surface area contributed by atoms with Gasteiger partial charge in [0.15, 0.2) is 11.5 Å². The van der Waals surface area contributed by atoms with Gasteiger partial charge in [-0.2, -0.15) is 0 Å². The van der Waals surface area contributed by atoms with E-state index in [-0.39, 0.29) is 29.6 Å². The number of hydrogen-bond acceptors (Lipinski definition) is 7. The quantitative estimate of drug-likeness (QED) is 0.383. The van der Waals surface area contributed by atoms with Gasteiger partial charge in [-0.05, 0) is 42.5 Å². The maximum absolute atomic E-state index is 13.1. The molecule has 0 spiro atoms. The number of fused-ring (bicyclic) bond motifs is 1. The largest absolute Gasteiger partial charge is 0.507 e. The lowest BCUT2D eigenvalue weighted by atomic mass is 9.98. The number of aliphatic hydroxyl groups excluding tert-OH is 1. The molecule has 3 aromatic rings. The zero-order valence-corrected chi connectivity index (χ0v) is 16.1. The number of aromatic nitrogens is 1. The fourth-order valence-electron chi connectivity index (χ4n) is 3.77. The lowest BCUT2D eigenvalue weighted by Crippen LogP contribution is -2.29. The number of benzene rings is 2. The molecule has 1 unspecified atom stereocenters. The van der Waals surface area contributed by atoms with Gasteiger partial charge in [0.1, 0.15) is 17.6 Å². The number of anilines is 1. The van der Waals surface area contributed by atoms with Crippen LogP contribution in [-0.2, 0) is 9.59 Å². The summed E-state index contributed by atoms with van der Waals surface area (Å²) in [6.45, 7) is 0.0607. The molecule has 2 aliphatic heterocycles. The van der Waals surface area contributed by atoms with Crippen molar-refractivity contribution in [3.05, 3.63) is 83.7 Å². The van der Waals surface area contributed by atoms with Crippen LogP contribution in [0.3, 0.4) is 0 Å². The lowest BCUT2D eigenvalue weighted by Gasteiger charge is -2.25. The molecular formula is C23H16N2O6. The summed E-state index contributed by atoms with van der Waals surface area (Å²) < 4.78 is 10.6. The number of para-hydroxylation sites is 2. The number of aliphatic hydroxyl groups is 1. The zero-order chi connectivity index (χ0) is 21.5. The summed E-state index contributed by atoms with van der Waals surface area (Å²) in [5, 5.41) is 21.5. The number of Topliss-reactive ketones (excluding diaryl/α,β-unsaturated/α-hetero) is 1. The number of pyridine rings is 1. The average Bonchev–Trinajstić information content (AvgIpc) is 3.36. The number of phenols is 1. The zero-order valence-electron chi connectivity index (χ0n) is 16.1. The van der Waals surface area contributed by atoms with E-state index in [0.717, 1.165) is 4.90 Å². The summed E-state index contributed by atoms with van der Waals surface area (Å²) in [4.78, 5) is 31.5. The SMILES string of the molecule is O=C1C(=O)N(c2ccccc2O)C(c2ccccn2)/C1=C(/O)c1ccc2c(c1)OCO2. The number of rotatable bonds is 3. The van der Waals surface area contributed by atoms with Crippen LogP contribution < -0.4 is 14.4 Å². The second-order valence-electron chi connectivity index (χ2n) is 6.98. The Hall–Kier alpha value is -4.33. The van der Waals surface area contributed by atoms with E-state index in [1.165, 1.54) is 18.3 Å². The van der Waals surface area contributed by atoms with Gasteiger partial charge in [-0.1, -0.05) is 18.2 Å². The van der Waals surface area contributed by atoms with Gasteiger partial charge in [0.2, 0.25) is 6.79 Å². The van der Waals surface area contributed by atoms with Crippen LogP contribution in [0.15, 0.2) is 72.4 Å². The molecule has 8 heteroatoms. The Morgan fingerprint density at radius 3 is 2.55 bits per heavy atom. The van der Waals surface area contributed by atoms with Crippen molar-refractivity contribution in [3.8, 4) is 17.2 Å². The molecule has 2 aliphatic rings. The number of aromatic hydroxyl groups is 1. The summed E-state index contributed by atoms with van der Waals surface area (Å²) in [5.74, 6) is -1.35. The van der Waals surface area contributed by atoms with Crippen LogP contribution in [0.4, 0.5) is 5.69 Å². The van der Waals surface area contributed by atoms with Crippen molar-refractivity contribution in [2.24, 2.45) is 0 Å². The highest BCUT2D eigenvalue weighted by molar-refractivity contribution is 6.51. The highest BCUT2D eigenvalue weighted by Gasteiger charge is 2.48. The second kappa shape index (κ2) is 7.17. The Kier molecular flexibility index (Phi) is 4.32. The first kappa shape index (κ1) is 18.7. The Bertz CT molecular complexity index is 1240. The van der Waals surface area contributed by atoms with Crippen LogP contribution >= 0.6 is 0 Å². The minimum atomic E-state index is -1.03. The van der Waals surface area contributed by atoms with Gasteiger partial charge in [0.25, 0.3) is 11.7 Å². The lowest BCUT2D eigenvalue weighted by molar-refractivity contribution is -0.132. The predicted octanol–water partition coefficient (Wildman–Crippen LogP) is 3.14. The number of carbonyl (C=O) groups excluding carboxylic acids is 2. The smallest absolute Gasteiger partial charge is 0.300 e. The van der Waals surface area contributed by atoms with Crippen LogP contribution in [0.1, 0.15) is 17.3 Å². The third-order valence-corrected chi connectivity index (χ3v) is 5.20.